The van der Waals surface area contributed by atoms with Gasteiger partial charge < -0.3 is 19.7 Å². The number of methoxy groups -OCH3 is 2. The summed E-state index contributed by atoms with van der Waals surface area (Å²) in [6, 6.07) is 20.6. The number of para-hydroxylation sites is 2. The van der Waals surface area contributed by atoms with E-state index in [1.165, 1.54) is 31.2 Å². The zero-order valence-electron chi connectivity index (χ0n) is 21.2. The first-order chi connectivity index (χ1) is 17.7. The summed E-state index contributed by atoms with van der Waals surface area (Å²) in [6.07, 6.45) is 0. The molecule has 0 aromatic heterocycles. The van der Waals surface area contributed by atoms with E-state index in [1.54, 1.807) is 80.8 Å². The van der Waals surface area contributed by atoms with Crippen LogP contribution in [-0.2, 0) is 26.2 Å². The van der Waals surface area contributed by atoms with Gasteiger partial charge in [0.05, 0.1) is 24.8 Å². The number of carbonyl (C=O) groups is 2. The summed E-state index contributed by atoms with van der Waals surface area (Å²) < 4.78 is 39.1. The maximum Gasteiger partial charge on any atom is 0.264 e. The summed E-state index contributed by atoms with van der Waals surface area (Å²) in [5.74, 6) is 0.00193. The monoisotopic (exact) mass is 525 g/mol. The number of rotatable bonds is 11. The number of ether oxygens (including phenoxy) is 2. The van der Waals surface area contributed by atoms with Gasteiger partial charge in [-0.1, -0.05) is 42.5 Å². The molecule has 1 atom stereocenters. The van der Waals surface area contributed by atoms with E-state index >= 15 is 0 Å². The lowest BCUT2D eigenvalue weighted by Crippen LogP contribution is -2.50. The van der Waals surface area contributed by atoms with Crippen LogP contribution in [0.2, 0.25) is 0 Å². The Bertz CT molecular complexity index is 1310. The van der Waals surface area contributed by atoms with Gasteiger partial charge in [0, 0.05) is 13.6 Å². The highest BCUT2D eigenvalue weighted by atomic mass is 32.2. The smallest absolute Gasteiger partial charge is 0.264 e. The van der Waals surface area contributed by atoms with Crippen LogP contribution in [0, 0.1) is 0 Å². The van der Waals surface area contributed by atoms with Crippen LogP contribution in [0.25, 0.3) is 0 Å². The van der Waals surface area contributed by atoms with Gasteiger partial charge in [-0.05, 0) is 48.9 Å². The molecule has 0 aliphatic rings. The van der Waals surface area contributed by atoms with E-state index in [-0.39, 0.29) is 28.8 Å². The highest BCUT2D eigenvalue weighted by Crippen LogP contribution is 2.32. The molecule has 9 nitrogen and oxygen atoms in total. The number of hydrogen-bond donors (Lipinski definition) is 1. The van der Waals surface area contributed by atoms with E-state index < -0.39 is 28.5 Å². The average Bonchev–Trinajstić information content (AvgIpc) is 2.94. The van der Waals surface area contributed by atoms with Crippen LogP contribution in [0.15, 0.2) is 83.8 Å². The molecule has 2 amide bonds. The number of sulfonamides is 1. The Morgan fingerprint density at radius 1 is 0.892 bits per heavy atom. The molecule has 3 aromatic carbocycles. The predicted molar refractivity (Wildman–Crippen MR) is 141 cm³/mol. The topological polar surface area (TPSA) is 105 Å². The number of benzene rings is 3. The maximum absolute atomic E-state index is 13.8. The number of anilines is 1. The Labute approximate surface area is 217 Å². The summed E-state index contributed by atoms with van der Waals surface area (Å²) in [4.78, 5) is 27.7. The summed E-state index contributed by atoms with van der Waals surface area (Å²) in [6.45, 7) is 1.14. The van der Waals surface area contributed by atoms with Crippen molar-refractivity contribution in [1.29, 1.82) is 0 Å². The summed E-state index contributed by atoms with van der Waals surface area (Å²) >= 11 is 0. The van der Waals surface area contributed by atoms with Crippen LogP contribution in [0.1, 0.15) is 12.5 Å². The highest BCUT2D eigenvalue weighted by molar-refractivity contribution is 7.92. The molecule has 0 radical (unpaired) electrons. The largest absolute Gasteiger partial charge is 0.497 e. The molecule has 10 heteroatoms. The zero-order valence-corrected chi connectivity index (χ0v) is 22.1. The molecule has 3 aromatic rings. The first kappa shape index (κ1) is 27.5. The van der Waals surface area contributed by atoms with Crippen LogP contribution >= 0.6 is 0 Å². The van der Waals surface area contributed by atoms with Gasteiger partial charge in [0.25, 0.3) is 10.0 Å². The standard InChI is InChI=1S/C27H31N3O6S/c1-20(27(32)28-2)29(18-21-14-16-22(35-3)17-15-21)26(31)19-30(24-12-8-9-13-25(24)36-4)37(33,34)23-10-6-5-7-11-23/h5-17,20H,18-19H2,1-4H3,(H,28,32). The number of nitrogens with one attached hydrogen (secondary N) is 1. The second kappa shape index (κ2) is 12.3. The number of amides is 2. The summed E-state index contributed by atoms with van der Waals surface area (Å²) in [5.41, 5.74) is 0.957. The van der Waals surface area contributed by atoms with Gasteiger partial charge in [0.2, 0.25) is 11.8 Å². The van der Waals surface area contributed by atoms with Gasteiger partial charge in [-0.3, -0.25) is 13.9 Å². The third-order valence-electron chi connectivity index (χ3n) is 5.89. The SMILES string of the molecule is CNC(=O)C(C)N(Cc1ccc(OC)cc1)C(=O)CN(c1ccccc1OC)S(=O)(=O)c1ccccc1. The molecule has 0 saturated carbocycles. The van der Waals surface area contributed by atoms with Crippen LogP contribution in [-0.4, -0.2) is 59.0 Å². The van der Waals surface area contributed by atoms with Crippen molar-refractivity contribution in [3.05, 3.63) is 84.4 Å². The fourth-order valence-electron chi connectivity index (χ4n) is 3.79. The summed E-state index contributed by atoms with van der Waals surface area (Å²) in [5, 5.41) is 2.56. The Kier molecular flexibility index (Phi) is 9.13. The van der Waals surface area contributed by atoms with Crippen molar-refractivity contribution in [2.24, 2.45) is 0 Å². The van der Waals surface area contributed by atoms with E-state index in [2.05, 4.69) is 5.32 Å². The predicted octanol–water partition coefficient (Wildman–Crippen LogP) is 3.06. The van der Waals surface area contributed by atoms with E-state index in [9.17, 15) is 18.0 Å². The molecule has 0 heterocycles. The number of nitrogens with zero attached hydrogens (tertiary/aromatic N) is 2. The van der Waals surface area contributed by atoms with Crippen molar-refractivity contribution in [1.82, 2.24) is 10.2 Å². The second-order valence-electron chi connectivity index (χ2n) is 8.16. The molecule has 1 unspecified atom stereocenters. The van der Waals surface area contributed by atoms with E-state index in [4.69, 9.17) is 9.47 Å². The average molecular weight is 526 g/mol. The van der Waals surface area contributed by atoms with Gasteiger partial charge >= 0.3 is 0 Å². The van der Waals surface area contributed by atoms with Crippen LogP contribution in [0.5, 0.6) is 11.5 Å². The van der Waals surface area contributed by atoms with E-state index in [1.807, 2.05) is 0 Å². The Balaban J connectivity index is 2.04. The van der Waals surface area contributed by atoms with E-state index in [0.29, 0.717) is 5.75 Å². The van der Waals surface area contributed by atoms with Crippen molar-refractivity contribution >= 4 is 27.5 Å². The van der Waals surface area contributed by atoms with Crippen molar-refractivity contribution in [3.8, 4) is 11.5 Å². The number of hydrogen-bond acceptors (Lipinski definition) is 6. The molecule has 196 valence electrons. The van der Waals surface area contributed by atoms with Crippen molar-refractivity contribution in [2.45, 2.75) is 24.4 Å². The number of carbonyl (C=O) groups excluding carboxylic acids is 2. The fraction of sp³-hybridized carbons (Fsp3) is 0.259. The van der Waals surface area contributed by atoms with Crippen LogP contribution in [0.3, 0.4) is 0 Å². The molecule has 0 aliphatic heterocycles. The zero-order chi connectivity index (χ0) is 27.0. The fourth-order valence-corrected chi connectivity index (χ4v) is 5.23. The first-order valence-corrected chi connectivity index (χ1v) is 13.0. The lowest BCUT2D eigenvalue weighted by molar-refractivity contribution is -0.139. The molecule has 37 heavy (non-hydrogen) atoms. The Morgan fingerprint density at radius 2 is 1.51 bits per heavy atom. The van der Waals surface area contributed by atoms with Crippen molar-refractivity contribution in [2.75, 3.05) is 32.1 Å². The summed E-state index contributed by atoms with van der Waals surface area (Å²) in [7, 11) is 0.304. The minimum absolute atomic E-state index is 0.0229. The quantitative estimate of drug-likeness (QED) is 0.413. The second-order valence-corrected chi connectivity index (χ2v) is 10.0. The molecule has 0 aliphatic carbocycles. The molecule has 1 N–H and O–H groups in total. The lowest BCUT2D eigenvalue weighted by Gasteiger charge is -2.32. The molecule has 0 spiro atoms. The maximum atomic E-state index is 13.8. The molecule has 0 saturated heterocycles. The molecular formula is C27H31N3O6S. The Hall–Kier alpha value is -4.05. The lowest BCUT2D eigenvalue weighted by atomic mass is 10.1. The van der Waals surface area contributed by atoms with Gasteiger partial charge in [-0.2, -0.15) is 0 Å². The number of likely N-dealkylation sites (N-methyl/N-ethyl adjacent to an activating group) is 1. The Morgan fingerprint density at radius 3 is 2.11 bits per heavy atom. The van der Waals surface area contributed by atoms with Gasteiger partial charge in [-0.15, -0.1) is 0 Å². The van der Waals surface area contributed by atoms with Crippen molar-refractivity contribution < 1.29 is 27.5 Å². The molecule has 0 fully saturated rings. The van der Waals surface area contributed by atoms with Crippen molar-refractivity contribution in [3.63, 3.8) is 0 Å². The van der Waals surface area contributed by atoms with Gasteiger partial charge in [-0.25, -0.2) is 8.42 Å². The van der Waals surface area contributed by atoms with Crippen LogP contribution < -0.4 is 19.1 Å². The first-order valence-electron chi connectivity index (χ1n) is 11.6. The third kappa shape index (κ3) is 6.39. The van der Waals surface area contributed by atoms with E-state index in [0.717, 1.165) is 9.87 Å². The molecular weight excluding hydrogens is 494 g/mol. The normalized spacial score (nSPS) is 11.8. The third-order valence-corrected chi connectivity index (χ3v) is 7.66. The highest BCUT2D eigenvalue weighted by Gasteiger charge is 2.33. The molecule has 3 rings (SSSR count). The minimum atomic E-state index is -4.16. The minimum Gasteiger partial charge on any atom is -0.497 e. The van der Waals surface area contributed by atoms with Crippen LogP contribution in [0.4, 0.5) is 5.69 Å². The van der Waals surface area contributed by atoms with Gasteiger partial charge in [0.15, 0.2) is 0 Å². The van der Waals surface area contributed by atoms with Gasteiger partial charge in [0.1, 0.15) is 24.1 Å². The molecule has 0 bridgehead atoms.